The third-order valence-corrected chi connectivity index (χ3v) is 6.27. The summed E-state index contributed by atoms with van der Waals surface area (Å²) in [5.41, 5.74) is 3.17. The van der Waals surface area contributed by atoms with Crippen LogP contribution in [0, 0.1) is 5.92 Å². The molecule has 1 aliphatic carbocycles. The fraction of sp³-hybridized carbons (Fsp3) is 0.273. The Morgan fingerprint density at radius 1 is 1.10 bits per heavy atom. The van der Waals surface area contributed by atoms with E-state index < -0.39 is 0 Å². The van der Waals surface area contributed by atoms with Crippen LogP contribution in [0.3, 0.4) is 0 Å². The van der Waals surface area contributed by atoms with E-state index in [1.54, 1.807) is 10.6 Å². The average Bonchev–Trinajstić information content (AvgIpc) is 3.32. The standard InChI is InChI=1S/C22H21ClN4O2/c23-17-2-1-3-19-20(17)26-22(29)27(19)16-8-5-14(6-9-16)21(28)25-15-7-4-13-10-11-24-18(13)12-15/h1-4,7,10-12,14,16,24H,5-6,8-9H2,(H,25,28)(H,26,29). The molecular formula is C22H21ClN4O2. The fourth-order valence-corrected chi connectivity index (χ4v) is 4.66. The molecule has 2 aromatic carbocycles. The van der Waals surface area contributed by atoms with E-state index in [9.17, 15) is 9.59 Å². The Labute approximate surface area is 171 Å². The Morgan fingerprint density at radius 3 is 2.76 bits per heavy atom. The molecular weight excluding hydrogens is 388 g/mol. The number of fused-ring (bicyclic) bond motifs is 2. The summed E-state index contributed by atoms with van der Waals surface area (Å²) in [4.78, 5) is 31.3. The van der Waals surface area contributed by atoms with Gasteiger partial charge in [0.25, 0.3) is 0 Å². The number of hydrogen-bond acceptors (Lipinski definition) is 2. The minimum atomic E-state index is -0.139. The molecule has 0 radical (unpaired) electrons. The lowest BCUT2D eigenvalue weighted by Crippen LogP contribution is -2.31. The smallest absolute Gasteiger partial charge is 0.326 e. The highest BCUT2D eigenvalue weighted by molar-refractivity contribution is 6.34. The van der Waals surface area contributed by atoms with Crippen LogP contribution in [0.2, 0.25) is 5.02 Å². The number of anilines is 1. The first kappa shape index (κ1) is 18.1. The van der Waals surface area contributed by atoms with E-state index in [4.69, 9.17) is 11.6 Å². The molecule has 2 aromatic heterocycles. The van der Waals surface area contributed by atoms with Gasteiger partial charge in [0.2, 0.25) is 5.91 Å². The summed E-state index contributed by atoms with van der Waals surface area (Å²) in [6.07, 6.45) is 4.96. The first-order valence-electron chi connectivity index (χ1n) is 9.87. The Morgan fingerprint density at radius 2 is 1.93 bits per heavy atom. The molecule has 1 aliphatic rings. The van der Waals surface area contributed by atoms with Gasteiger partial charge in [0.05, 0.1) is 16.1 Å². The highest BCUT2D eigenvalue weighted by atomic mass is 35.5. The molecule has 0 saturated heterocycles. The molecule has 0 bridgehead atoms. The van der Waals surface area contributed by atoms with Crippen molar-refractivity contribution >= 4 is 45.1 Å². The molecule has 0 aliphatic heterocycles. The monoisotopic (exact) mass is 408 g/mol. The number of carbonyl (C=O) groups excluding carboxylic acids is 1. The van der Waals surface area contributed by atoms with Gasteiger partial charge in [-0.3, -0.25) is 9.36 Å². The predicted octanol–water partition coefficient (Wildman–Crippen LogP) is 4.83. The molecule has 1 saturated carbocycles. The lowest BCUT2D eigenvalue weighted by Gasteiger charge is -2.28. The summed E-state index contributed by atoms with van der Waals surface area (Å²) in [5.74, 6) is -0.00115. The normalized spacial score (nSPS) is 19.6. The number of imidazole rings is 1. The molecule has 5 rings (SSSR count). The first-order valence-corrected chi connectivity index (χ1v) is 10.2. The van der Waals surface area contributed by atoms with Gasteiger partial charge in [0.15, 0.2) is 0 Å². The zero-order chi connectivity index (χ0) is 20.0. The molecule has 4 aromatic rings. The summed E-state index contributed by atoms with van der Waals surface area (Å²) in [5, 5.41) is 4.71. The molecule has 0 spiro atoms. The van der Waals surface area contributed by atoms with Gasteiger partial charge in [0.1, 0.15) is 0 Å². The zero-order valence-electron chi connectivity index (χ0n) is 15.7. The van der Waals surface area contributed by atoms with Gasteiger partial charge in [-0.15, -0.1) is 0 Å². The van der Waals surface area contributed by atoms with Gasteiger partial charge in [-0.05, 0) is 61.4 Å². The molecule has 148 valence electrons. The number of para-hydroxylation sites is 1. The average molecular weight is 409 g/mol. The third-order valence-electron chi connectivity index (χ3n) is 5.96. The highest BCUT2D eigenvalue weighted by Crippen LogP contribution is 2.34. The largest absolute Gasteiger partial charge is 0.361 e. The molecule has 6 nitrogen and oxygen atoms in total. The minimum absolute atomic E-state index is 0.0451. The molecule has 0 unspecified atom stereocenters. The lowest BCUT2D eigenvalue weighted by atomic mass is 9.85. The predicted molar refractivity (Wildman–Crippen MR) is 115 cm³/mol. The minimum Gasteiger partial charge on any atom is -0.361 e. The summed E-state index contributed by atoms with van der Waals surface area (Å²) in [7, 11) is 0. The van der Waals surface area contributed by atoms with Crippen molar-refractivity contribution in [3.63, 3.8) is 0 Å². The molecule has 7 heteroatoms. The molecule has 3 N–H and O–H groups in total. The number of H-pyrrole nitrogens is 2. The van der Waals surface area contributed by atoms with Gasteiger partial charge in [-0.2, -0.15) is 0 Å². The van der Waals surface area contributed by atoms with E-state index in [2.05, 4.69) is 15.3 Å². The molecule has 29 heavy (non-hydrogen) atoms. The second-order valence-corrected chi connectivity index (χ2v) is 8.12. The van der Waals surface area contributed by atoms with E-state index in [1.807, 2.05) is 42.6 Å². The van der Waals surface area contributed by atoms with Crippen molar-refractivity contribution in [1.29, 1.82) is 0 Å². The topological polar surface area (TPSA) is 82.7 Å². The number of aromatic amines is 2. The van der Waals surface area contributed by atoms with E-state index in [0.717, 1.165) is 47.8 Å². The van der Waals surface area contributed by atoms with Crippen molar-refractivity contribution in [2.24, 2.45) is 5.92 Å². The van der Waals surface area contributed by atoms with Crippen molar-refractivity contribution < 1.29 is 4.79 Å². The van der Waals surface area contributed by atoms with Crippen molar-refractivity contribution in [3.05, 3.63) is 64.2 Å². The number of carbonyl (C=O) groups is 1. The summed E-state index contributed by atoms with van der Waals surface area (Å²) in [6, 6.07) is 13.5. The van der Waals surface area contributed by atoms with Crippen LogP contribution in [0.25, 0.3) is 21.9 Å². The first-order chi connectivity index (χ1) is 14.1. The quantitative estimate of drug-likeness (QED) is 0.453. The van der Waals surface area contributed by atoms with Crippen LogP contribution in [-0.4, -0.2) is 20.4 Å². The van der Waals surface area contributed by atoms with Gasteiger partial charge < -0.3 is 15.3 Å². The van der Waals surface area contributed by atoms with E-state index >= 15 is 0 Å². The molecule has 0 atom stereocenters. The van der Waals surface area contributed by atoms with Crippen molar-refractivity contribution in [2.45, 2.75) is 31.7 Å². The van der Waals surface area contributed by atoms with Crippen molar-refractivity contribution in [1.82, 2.24) is 14.5 Å². The third kappa shape index (κ3) is 3.23. The molecule has 1 amide bonds. The number of halogens is 1. The van der Waals surface area contributed by atoms with Crippen molar-refractivity contribution in [2.75, 3.05) is 5.32 Å². The van der Waals surface area contributed by atoms with Gasteiger partial charge >= 0.3 is 5.69 Å². The second-order valence-electron chi connectivity index (χ2n) is 7.71. The number of hydrogen-bond donors (Lipinski definition) is 3. The number of nitrogens with one attached hydrogen (secondary N) is 3. The lowest BCUT2D eigenvalue weighted by molar-refractivity contribution is -0.121. The van der Waals surface area contributed by atoms with Crippen LogP contribution in [0.1, 0.15) is 31.7 Å². The van der Waals surface area contributed by atoms with Crippen molar-refractivity contribution in [3.8, 4) is 0 Å². The maximum atomic E-state index is 12.7. The molecule has 2 heterocycles. The van der Waals surface area contributed by atoms with Crippen LogP contribution in [0.5, 0.6) is 0 Å². The van der Waals surface area contributed by atoms with Gasteiger partial charge in [-0.25, -0.2) is 4.79 Å². The van der Waals surface area contributed by atoms with Crippen LogP contribution >= 0.6 is 11.6 Å². The summed E-state index contributed by atoms with van der Waals surface area (Å²) in [6.45, 7) is 0. The number of aromatic nitrogens is 3. The van der Waals surface area contributed by atoms with E-state index in [0.29, 0.717) is 10.5 Å². The second kappa shape index (κ2) is 7.12. The fourth-order valence-electron chi connectivity index (χ4n) is 4.44. The maximum Gasteiger partial charge on any atom is 0.326 e. The Kier molecular flexibility index (Phi) is 4.43. The number of amides is 1. The number of nitrogens with zero attached hydrogens (tertiary/aromatic N) is 1. The molecule has 1 fully saturated rings. The van der Waals surface area contributed by atoms with Gasteiger partial charge in [0, 0.05) is 29.4 Å². The summed E-state index contributed by atoms with van der Waals surface area (Å²) >= 11 is 6.21. The summed E-state index contributed by atoms with van der Waals surface area (Å²) < 4.78 is 1.80. The Hall–Kier alpha value is -2.99. The van der Waals surface area contributed by atoms with E-state index in [-0.39, 0.29) is 23.6 Å². The maximum absolute atomic E-state index is 12.7. The van der Waals surface area contributed by atoms with Crippen LogP contribution in [0.15, 0.2) is 53.5 Å². The van der Waals surface area contributed by atoms with Crippen LogP contribution in [0.4, 0.5) is 5.69 Å². The van der Waals surface area contributed by atoms with Crippen LogP contribution in [-0.2, 0) is 4.79 Å². The Bertz CT molecular complexity index is 1260. The zero-order valence-corrected chi connectivity index (χ0v) is 16.5. The Balaban J connectivity index is 1.29. The van der Waals surface area contributed by atoms with Crippen LogP contribution < -0.4 is 11.0 Å². The SMILES string of the molecule is O=C(Nc1ccc2cc[nH]c2c1)C1CCC(n2c(=O)[nH]c3c(Cl)cccc32)CC1. The highest BCUT2D eigenvalue weighted by Gasteiger charge is 2.29. The number of benzene rings is 2. The van der Waals surface area contributed by atoms with E-state index in [1.165, 1.54) is 0 Å². The number of rotatable bonds is 3. The van der Waals surface area contributed by atoms with Gasteiger partial charge in [-0.1, -0.05) is 23.7 Å².